The van der Waals surface area contributed by atoms with Gasteiger partial charge in [0.05, 0.1) is 11.6 Å². The predicted molar refractivity (Wildman–Crippen MR) is 114 cm³/mol. The summed E-state index contributed by atoms with van der Waals surface area (Å²) in [6.07, 6.45) is 5.45. The summed E-state index contributed by atoms with van der Waals surface area (Å²) in [4.78, 5) is 0. The smallest absolute Gasteiger partial charge is 0.206 e. The molecule has 0 spiro atoms. The van der Waals surface area contributed by atoms with Gasteiger partial charge in [-0.25, -0.2) is 17.6 Å². The van der Waals surface area contributed by atoms with Gasteiger partial charge < -0.3 is 0 Å². The van der Waals surface area contributed by atoms with Gasteiger partial charge in [0.2, 0.25) is 0 Å². The lowest BCUT2D eigenvalue weighted by molar-refractivity contribution is 0.151. The Morgan fingerprint density at radius 1 is 1.03 bits per heavy atom. The number of halogens is 4. The molecule has 0 saturated heterocycles. The summed E-state index contributed by atoms with van der Waals surface area (Å²) in [6.45, 7) is 2.18. The highest BCUT2D eigenvalue weighted by Gasteiger charge is 2.27. The van der Waals surface area contributed by atoms with E-state index in [0.29, 0.717) is 28.2 Å². The summed E-state index contributed by atoms with van der Waals surface area (Å²) >= 11 is 0. The summed E-state index contributed by atoms with van der Waals surface area (Å²) in [6, 6.07) is 7.32. The van der Waals surface area contributed by atoms with Crippen molar-refractivity contribution < 1.29 is 17.6 Å². The molecular weight excluding hydrogens is 402 g/mol. The molecule has 1 saturated carbocycles. The van der Waals surface area contributed by atoms with Crippen molar-refractivity contribution in [1.29, 1.82) is 5.26 Å². The van der Waals surface area contributed by atoms with Crippen LogP contribution in [0.15, 0.2) is 24.3 Å². The SMILES string of the molecule is CCCC1CCC(c2cc(F)c(C3=Cc4cc(C#N)c(C(F)F)cc4C3)c(F)c2)CC1. The monoisotopic (exact) mass is 427 g/mol. The van der Waals surface area contributed by atoms with E-state index in [1.807, 2.05) is 0 Å². The zero-order valence-corrected chi connectivity index (χ0v) is 17.5. The van der Waals surface area contributed by atoms with E-state index in [1.165, 1.54) is 37.1 Å². The summed E-state index contributed by atoms with van der Waals surface area (Å²) in [7, 11) is 0. The zero-order valence-electron chi connectivity index (χ0n) is 17.5. The second-order valence-electron chi connectivity index (χ2n) is 8.76. The molecule has 1 fully saturated rings. The number of alkyl halides is 2. The largest absolute Gasteiger partial charge is 0.265 e. The summed E-state index contributed by atoms with van der Waals surface area (Å²) in [5, 5.41) is 9.15. The quantitative estimate of drug-likeness (QED) is 0.444. The van der Waals surface area contributed by atoms with Crippen molar-refractivity contribution in [2.75, 3.05) is 0 Å². The molecule has 0 aromatic heterocycles. The molecule has 0 atom stereocenters. The molecular formula is C26H25F4N. The molecule has 0 radical (unpaired) electrons. The molecule has 2 aliphatic rings. The standard InChI is InChI=1S/C26H25F4N/c1-2-3-15-4-6-16(7-5-15)19-12-23(27)25(24(28)13-19)20-8-17-10-21(14-31)22(26(29)30)11-18(17)9-20/h8,10-13,15-16,26H,2-7,9H2,1H3. The van der Waals surface area contributed by atoms with Gasteiger partial charge in [-0.3, -0.25) is 0 Å². The number of allylic oxidation sites excluding steroid dienone is 1. The first kappa shape index (κ1) is 21.6. The van der Waals surface area contributed by atoms with Crippen molar-refractivity contribution in [3.05, 3.63) is 69.3 Å². The lowest BCUT2D eigenvalue weighted by Gasteiger charge is -2.29. The first-order valence-corrected chi connectivity index (χ1v) is 11.0. The average Bonchev–Trinajstić information content (AvgIpc) is 3.15. The second kappa shape index (κ2) is 8.86. The maximum atomic E-state index is 15.0. The summed E-state index contributed by atoms with van der Waals surface area (Å²) in [5.74, 6) is -0.333. The van der Waals surface area contributed by atoms with E-state index in [1.54, 1.807) is 12.1 Å². The van der Waals surface area contributed by atoms with E-state index >= 15 is 8.78 Å². The van der Waals surface area contributed by atoms with Crippen molar-refractivity contribution in [1.82, 2.24) is 0 Å². The number of rotatable bonds is 5. The second-order valence-corrected chi connectivity index (χ2v) is 8.76. The van der Waals surface area contributed by atoms with Crippen LogP contribution in [0.4, 0.5) is 17.6 Å². The molecule has 0 N–H and O–H groups in total. The Morgan fingerprint density at radius 3 is 2.29 bits per heavy atom. The molecule has 0 amide bonds. The van der Waals surface area contributed by atoms with Crippen LogP contribution in [0, 0.1) is 28.9 Å². The highest BCUT2D eigenvalue weighted by atomic mass is 19.3. The van der Waals surface area contributed by atoms with Gasteiger partial charge in [0, 0.05) is 11.1 Å². The normalized spacial score (nSPS) is 20.5. The minimum absolute atomic E-state index is 0.100. The number of hydrogen-bond acceptors (Lipinski definition) is 1. The van der Waals surface area contributed by atoms with Crippen LogP contribution in [-0.2, 0) is 6.42 Å². The van der Waals surface area contributed by atoms with E-state index in [-0.39, 0.29) is 29.0 Å². The van der Waals surface area contributed by atoms with Crippen molar-refractivity contribution in [2.24, 2.45) is 5.92 Å². The molecule has 2 aromatic rings. The Balaban J connectivity index is 1.59. The minimum atomic E-state index is -2.77. The Hall–Kier alpha value is -2.61. The Kier molecular flexibility index (Phi) is 6.18. The molecule has 2 aliphatic carbocycles. The average molecular weight is 427 g/mol. The fraction of sp³-hybridized carbons (Fsp3) is 0.423. The van der Waals surface area contributed by atoms with Crippen molar-refractivity contribution in [3.63, 3.8) is 0 Å². The van der Waals surface area contributed by atoms with Crippen LogP contribution in [0.1, 0.15) is 91.2 Å². The summed E-state index contributed by atoms with van der Waals surface area (Å²) < 4.78 is 56.5. The summed E-state index contributed by atoms with van der Waals surface area (Å²) in [5.41, 5.74) is 1.69. The van der Waals surface area contributed by atoms with Gasteiger partial charge >= 0.3 is 0 Å². The number of fused-ring (bicyclic) bond motifs is 1. The molecule has 5 heteroatoms. The van der Waals surface area contributed by atoms with Crippen molar-refractivity contribution >= 4 is 11.6 Å². The van der Waals surface area contributed by atoms with Crippen LogP contribution < -0.4 is 0 Å². The lowest BCUT2D eigenvalue weighted by atomic mass is 9.77. The van der Waals surface area contributed by atoms with E-state index in [9.17, 15) is 8.78 Å². The molecule has 1 nitrogen and oxygen atoms in total. The lowest BCUT2D eigenvalue weighted by Crippen LogP contribution is -2.14. The van der Waals surface area contributed by atoms with Gasteiger partial charge in [-0.05, 0) is 90.5 Å². The Labute approximate surface area is 180 Å². The molecule has 0 heterocycles. The fourth-order valence-corrected chi connectivity index (χ4v) is 5.18. The predicted octanol–water partition coefficient (Wildman–Crippen LogP) is 7.94. The number of benzene rings is 2. The maximum absolute atomic E-state index is 15.0. The van der Waals surface area contributed by atoms with Crippen LogP contribution in [0.25, 0.3) is 11.6 Å². The highest BCUT2D eigenvalue weighted by Crippen LogP contribution is 2.41. The van der Waals surface area contributed by atoms with Gasteiger partial charge in [0.25, 0.3) is 6.43 Å². The topological polar surface area (TPSA) is 23.8 Å². The van der Waals surface area contributed by atoms with Crippen LogP contribution in [0.2, 0.25) is 0 Å². The Bertz CT molecular complexity index is 1030. The minimum Gasteiger partial charge on any atom is -0.206 e. The van der Waals surface area contributed by atoms with Gasteiger partial charge in [0.1, 0.15) is 11.6 Å². The molecule has 4 rings (SSSR count). The van der Waals surface area contributed by atoms with Gasteiger partial charge in [-0.1, -0.05) is 25.8 Å². The maximum Gasteiger partial charge on any atom is 0.265 e. The van der Waals surface area contributed by atoms with Crippen LogP contribution in [0.3, 0.4) is 0 Å². The molecule has 162 valence electrons. The van der Waals surface area contributed by atoms with E-state index < -0.39 is 18.1 Å². The van der Waals surface area contributed by atoms with Gasteiger partial charge in [-0.15, -0.1) is 0 Å². The third-order valence-corrected chi connectivity index (χ3v) is 6.78. The number of hydrogen-bond donors (Lipinski definition) is 0. The van der Waals surface area contributed by atoms with Crippen molar-refractivity contribution in [3.8, 4) is 6.07 Å². The van der Waals surface area contributed by atoms with Crippen LogP contribution in [0.5, 0.6) is 0 Å². The van der Waals surface area contributed by atoms with Crippen LogP contribution >= 0.6 is 0 Å². The molecule has 0 bridgehead atoms. The van der Waals surface area contributed by atoms with Gasteiger partial charge in [0.15, 0.2) is 0 Å². The molecule has 31 heavy (non-hydrogen) atoms. The van der Waals surface area contributed by atoms with Gasteiger partial charge in [-0.2, -0.15) is 5.26 Å². The highest BCUT2D eigenvalue weighted by molar-refractivity contribution is 5.89. The Morgan fingerprint density at radius 2 is 1.71 bits per heavy atom. The van der Waals surface area contributed by atoms with E-state index in [2.05, 4.69) is 6.92 Å². The zero-order chi connectivity index (χ0) is 22.1. The first-order chi connectivity index (χ1) is 14.9. The van der Waals surface area contributed by atoms with E-state index in [0.717, 1.165) is 25.7 Å². The van der Waals surface area contributed by atoms with E-state index in [4.69, 9.17) is 5.26 Å². The van der Waals surface area contributed by atoms with Crippen molar-refractivity contribution in [2.45, 2.75) is 64.2 Å². The number of nitrogens with zero attached hydrogens (tertiary/aromatic N) is 1. The number of nitriles is 1. The molecule has 0 unspecified atom stereocenters. The van der Waals surface area contributed by atoms with Crippen LogP contribution in [-0.4, -0.2) is 0 Å². The first-order valence-electron chi connectivity index (χ1n) is 11.0. The molecule has 2 aromatic carbocycles. The third-order valence-electron chi connectivity index (χ3n) is 6.78. The molecule has 0 aliphatic heterocycles. The fourth-order valence-electron chi connectivity index (χ4n) is 5.18. The third kappa shape index (κ3) is 4.26.